The van der Waals surface area contributed by atoms with E-state index in [0.717, 1.165) is 94.0 Å². The average Bonchev–Trinajstić information content (AvgIpc) is 3.87. The summed E-state index contributed by atoms with van der Waals surface area (Å²) in [5.41, 5.74) is 13.4. The molecular formula is C51H33N5. The average molecular weight is 716 g/mol. The van der Waals surface area contributed by atoms with Crippen LogP contribution in [0.15, 0.2) is 170 Å². The van der Waals surface area contributed by atoms with Crippen LogP contribution in [0.25, 0.3) is 88.8 Å². The van der Waals surface area contributed by atoms with E-state index in [4.69, 9.17) is 0 Å². The van der Waals surface area contributed by atoms with Gasteiger partial charge in [0.15, 0.2) is 0 Å². The maximum Gasteiger partial charge on any atom is 0.102 e. The van der Waals surface area contributed by atoms with E-state index in [2.05, 4.69) is 161 Å². The molecule has 0 unspecified atom stereocenters. The third kappa shape index (κ3) is 4.93. The van der Waals surface area contributed by atoms with E-state index < -0.39 is 0 Å². The lowest BCUT2D eigenvalue weighted by Gasteiger charge is -2.14. The molecule has 5 heteroatoms. The summed E-state index contributed by atoms with van der Waals surface area (Å²) in [7, 11) is 0. The second-order valence-corrected chi connectivity index (χ2v) is 14.1. The minimum Gasteiger partial charge on any atom is -0.313 e. The number of hydrogen-bond donors (Lipinski definition) is 0. The standard InChI is InChI=1S/C51H33N5/c1-33(54-46-17-7-6-15-43(46)44-30-35(31-52)23-29-51(44)54)22-28-38-34(2)55(47-18-8-3-12-40(38)47)37-26-24-36(25-27-37)39-16-11-21-50(45(39)32-53)56-48-19-9-4-13-41(48)42-14-5-10-20-49(42)56/h3-30H,1H2,2H3/b28-22-. The Balaban J connectivity index is 1.04. The summed E-state index contributed by atoms with van der Waals surface area (Å²) in [5.74, 6) is 0. The zero-order valence-electron chi connectivity index (χ0n) is 30.6. The van der Waals surface area contributed by atoms with E-state index in [1.165, 1.54) is 0 Å². The number of benzene rings is 7. The van der Waals surface area contributed by atoms with Crippen molar-refractivity contribution in [3.8, 4) is 34.6 Å². The molecule has 0 saturated carbocycles. The van der Waals surface area contributed by atoms with Crippen LogP contribution in [0.4, 0.5) is 0 Å². The second-order valence-electron chi connectivity index (χ2n) is 14.1. The number of aromatic nitrogens is 3. The summed E-state index contributed by atoms with van der Waals surface area (Å²) in [6, 6.07) is 58.8. The number of allylic oxidation sites excluding steroid dienone is 2. The maximum absolute atomic E-state index is 10.7. The lowest BCUT2D eigenvalue weighted by atomic mass is 9.98. The smallest absolute Gasteiger partial charge is 0.102 e. The molecule has 0 aliphatic rings. The largest absolute Gasteiger partial charge is 0.313 e. The van der Waals surface area contributed by atoms with Crippen molar-refractivity contribution in [2.45, 2.75) is 6.92 Å². The first-order chi connectivity index (χ1) is 27.6. The van der Waals surface area contributed by atoms with Crippen LogP contribution in [0, 0.1) is 29.6 Å². The Kier molecular flexibility index (Phi) is 7.56. The molecule has 0 bridgehead atoms. The van der Waals surface area contributed by atoms with Crippen LogP contribution in [0.1, 0.15) is 22.4 Å². The van der Waals surface area contributed by atoms with Crippen LogP contribution < -0.4 is 0 Å². The summed E-state index contributed by atoms with van der Waals surface area (Å²) in [5, 5.41) is 25.8. The lowest BCUT2D eigenvalue weighted by molar-refractivity contribution is 1.05. The first kappa shape index (κ1) is 32.8. The molecule has 7 aromatic carbocycles. The molecule has 56 heavy (non-hydrogen) atoms. The van der Waals surface area contributed by atoms with Gasteiger partial charge in [0.1, 0.15) is 6.07 Å². The van der Waals surface area contributed by atoms with E-state index in [-0.39, 0.29) is 0 Å². The number of para-hydroxylation sites is 4. The lowest BCUT2D eigenvalue weighted by Crippen LogP contribution is -2.00. The first-order valence-electron chi connectivity index (χ1n) is 18.6. The highest BCUT2D eigenvalue weighted by Gasteiger charge is 2.19. The van der Waals surface area contributed by atoms with Gasteiger partial charge >= 0.3 is 0 Å². The molecule has 262 valence electrons. The summed E-state index contributed by atoms with van der Waals surface area (Å²) >= 11 is 0. The minimum absolute atomic E-state index is 0.635. The molecule has 0 amide bonds. The summed E-state index contributed by atoms with van der Waals surface area (Å²) in [4.78, 5) is 0. The Hall–Kier alpha value is -7.86. The van der Waals surface area contributed by atoms with Crippen LogP contribution in [-0.2, 0) is 0 Å². The first-order valence-corrected chi connectivity index (χ1v) is 18.6. The van der Waals surface area contributed by atoms with Crippen molar-refractivity contribution in [2.75, 3.05) is 0 Å². The summed E-state index contributed by atoms with van der Waals surface area (Å²) < 4.78 is 6.68. The molecule has 3 heterocycles. The molecule has 0 radical (unpaired) electrons. The summed E-state index contributed by atoms with van der Waals surface area (Å²) in [6.07, 6.45) is 4.24. The Morgan fingerprint density at radius 2 is 1.12 bits per heavy atom. The number of hydrogen-bond acceptors (Lipinski definition) is 2. The molecule has 3 aromatic heterocycles. The van der Waals surface area contributed by atoms with Gasteiger partial charge < -0.3 is 13.7 Å². The normalized spacial score (nSPS) is 11.6. The van der Waals surface area contributed by atoms with Gasteiger partial charge in [0.2, 0.25) is 0 Å². The molecule has 0 N–H and O–H groups in total. The van der Waals surface area contributed by atoms with Crippen LogP contribution in [0.2, 0.25) is 0 Å². The highest BCUT2D eigenvalue weighted by atomic mass is 15.0. The third-order valence-corrected chi connectivity index (χ3v) is 11.1. The van der Waals surface area contributed by atoms with E-state index in [0.29, 0.717) is 11.1 Å². The fourth-order valence-corrected chi connectivity index (χ4v) is 8.60. The molecule has 0 atom stereocenters. The van der Waals surface area contributed by atoms with Crippen LogP contribution in [-0.4, -0.2) is 13.7 Å². The van der Waals surface area contributed by atoms with Crippen molar-refractivity contribution in [1.29, 1.82) is 10.5 Å². The number of nitriles is 2. The van der Waals surface area contributed by atoms with Gasteiger partial charge in [0.05, 0.1) is 50.5 Å². The van der Waals surface area contributed by atoms with Crippen LogP contribution in [0.3, 0.4) is 0 Å². The van der Waals surface area contributed by atoms with Crippen LogP contribution in [0.5, 0.6) is 0 Å². The van der Waals surface area contributed by atoms with Crippen molar-refractivity contribution >= 4 is 66.3 Å². The molecule has 0 aliphatic carbocycles. The fraction of sp³-hybridized carbons (Fsp3) is 0.0196. The van der Waals surface area contributed by atoms with Crippen molar-refractivity contribution in [2.24, 2.45) is 0 Å². The minimum atomic E-state index is 0.635. The summed E-state index contributed by atoms with van der Waals surface area (Å²) in [6.45, 7) is 6.67. The van der Waals surface area contributed by atoms with E-state index >= 15 is 0 Å². The maximum atomic E-state index is 10.7. The van der Waals surface area contributed by atoms with Gasteiger partial charge in [-0.1, -0.05) is 110 Å². The van der Waals surface area contributed by atoms with Crippen molar-refractivity contribution in [3.63, 3.8) is 0 Å². The van der Waals surface area contributed by atoms with E-state index in [1.54, 1.807) is 0 Å². The van der Waals surface area contributed by atoms with E-state index in [9.17, 15) is 10.5 Å². The van der Waals surface area contributed by atoms with Gasteiger partial charge in [0.25, 0.3) is 0 Å². The van der Waals surface area contributed by atoms with Gasteiger partial charge in [-0.15, -0.1) is 0 Å². The van der Waals surface area contributed by atoms with Gasteiger partial charge in [0, 0.05) is 55.1 Å². The van der Waals surface area contributed by atoms with Gasteiger partial charge in [-0.05, 0) is 79.2 Å². The Morgan fingerprint density at radius 3 is 1.77 bits per heavy atom. The molecule has 10 rings (SSSR count). The van der Waals surface area contributed by atoms with Crippen molar-refractivity contribution in [1.82, 2.24) is 13.7 Å². The van der Waals surface area contributed by atoms with Crippen molar-refractivity contribution < 1.29 is 0 Å². The molecular weight excluding hydrogens is 683 g/mol. The topological polar surface area (TPSA) is 62.4 Å². The van der Waals surface area contributed by atoms with Gasteiger partial charge in [-0.25, -0.2) is 0 Å². The van der Waals surface area contributed by atoms with Gasteiger partial charge in [-0.2, -0.15) is 10.5 Å². The van der Waals surface area contributed by atoms with Crippen molar-refractivity contribution in [3.05, 3.63) is 193 Å². The number of rotatable bonds is 6. The quantitative estimate of drug-likeness (QED) is 0.161. The zero-order chi connectivity index (χ0) is 37.9. The van der Waals surface area contributed by atoms with E-state index in [1.807, 2.05) is 48.5 Å². The zero-order valence-corrected chi connectivity index (χ0v) is 30.6. The molecule has 0 spiro atoms. The SMILES string of the molecule is C=C(/C=C\c1c(C)n(-c2ccc(-c3cccc(-n4c5ccccc5c5ccccc54)c3C#N)cc2)c2ccccc12)n1c2ccccc2c2cc(C#N)ccc21. The molecule has 0 aliphatic heterocycles. The predicted octanol–water partition coefficient (Wildman–Crippen LogP) is 12.7. The fourth-order valence-electron chi connectivity index (χ4n) is 8.60. The predicted molar refractivity (Wildman–Crippen MR) is 231 cm³/mol. The van der Waals surface area contributed by atoms with Crippen LogP contribution >= 0.6 is 0 Å². The number of fused-ring (bicyclic) bond motifs is 7. The second kappa shape index (κ2) is 12.9. The Labute approximate surface area is 323 Å². The Morgan fingerprint density at radius 1 is 0.554 bits per heavy atom. The Bertz CT molecular complexity index is 3300. The highest BCUT2D eigenvalue weighted by Crippen LogP contribution is 2.38. The monoisotopic (exact) mass is 715 g/mol. The molecule has 10 aromatic rings. The molecule has 5 nitrogen and oxygen atoms in total. The third-order valence-electron chi connectivity index (χ3n) is 11.1. The highest BCUT2D eigenvalue weighted by molar-refractivity contribution is 6.11. The molecule has 0 fully saturated rings. The number of nitrogens with zero attached hydrogens (tertiary/aromatic N) is 5. The molecule has 0 saturated heterocycles. The van der Waals surface area contributed by atoms with Gasteiger partial charge in [-0.3, -0.25) is 0 Å².